The number of carbonyl (C=O) groups is 4. The van der Waals surface area contributed by atoms with Crippen LogP contribution in [0, 0.1) is 0 Å². The van der Waals surface area contributed by atoms with E-state index in [4.69, 9.17) is 18.9 Å². The van der Waals surface area contributed by atoms with Gasteiger partial charge in [-0.05, 0) is 59.9 Å². The van der Waals surface area contributed by atoms with E-state index in [2.05, 4.69) is 5.32 Å². The Morgan fingerprint density at radius 3 is 2.05 bits per heavy atom. The first kappa shape index (κ1) is 30.1. The van der Waals surface area contributed by atoms with Crippen molar-refractivity contribution in [1.29, 1.82) is 0 Å². The molecule has 2 amide bonds. The van der Waals surface area contributed by atoms with Crippen molar-refractivity contribution in [2.75, 3.05) is 19.7 Å². The van der Waals surface area contributed by atoms with Crippen LogP contribution in [0.2, 0.25) is 0 Å². The zero-order chi connectivity index (χ0) is 27.6. The van der Waals surface area contributed by atoms with Crippen molar-refractivity contribution in [3.63, 3.8) is 0 Å². The number of carbonyl (C=O) groups excluding carboxylic acids is 4. The zero-order valence-electron chi connectivity index (χ0n) is 22.7. The smallest absolute Gasteiger partial charge is 0.408 e. The number of ether oxygens (including phenoxy) is 4. The third kappa shape index (κ3) is 12.1. The average Bonchev–Trinajstić information content (AvgIpc) is 2.79. The molecule has 1 aliphatic heterocycles. The van der Waals surface area contributed by atoms with Crippen LogP contribution < -0.4 is 5.32 Å². The quantitative estimate of drug-likeness (QED) is 0.389. The van der Waals surface area contributed by atoms with E-state index in [0.29, 0.717) is 25.9 Å². The maximum Gasteiger partial charge on any atom is 0.408 e. The van der Waals surface area contributed by atoms with Gasteiger partial charge in [0.25, 0.3) is 0 Å². The Balaban J connectivity index is 1.93. The van der Waals surface area contributed by atoms with Gasteiger partial charge >= 0.3 is 18.0 Å². The molecule has 0 bridgehead atoms. The van der Waals surface area contributed by atoms with Crippen molar-refractivity contribution in [2.45, 2.75) is 90.8 Å². The van der Waals surface area contributed by atoms with Crippen molar-refractivity contribution >= 4 is 23.9 Å². The molecule has 0 spiro atoms. The number of hydrogen-bond donors (Lipinski definition) is 1. The van der Waals surface area contributed by atoms with Crippen molar-refractivity contribution < 1.29 is 38.1 Å². The second-order valence-electron chi connectivity index (χ2n) is 11.0. The first-order valence-electron chi connectivity index (χ1n) is 12.5. The molecular weight excluding hydrogens is 480 g/mol. The van der Waals surface area contributed by atoms with Crippen LogP contribution in [0.4, 0.5) is 4.79 Å². The molecule has 2 rings (SSSR count). The highest BCUT2D eigenvalue weighted by molar-refractivity contribution is 5.89. The van der Waals surface area contributed by atoms with Crippen LogP contribution >= 0.6 is 0 Å². The lowest BCUT2D eigenvalue weighted by Gasteiger charge is -2.34. The van der Waals surface area contributed by atoms with Crippen LogP contribution in [-0.4, -0.2) is 71.9 Å². The number of likely N-dealkylation sites (tertiary alicyclic amines) is 1. The molecule has 1 saturated heterocycles. The molecule has 1 aliphatic rings. The van der Waals surface area contributed by atoms with Gasteiger partial charge in [-0.2, -0.15) is 0 Å². The van der Waals surface area contributed by atoms with E-state index >= 15 is 0 Å². The number of piperidine rings is 1. The lowest BCUT2D eigenvalue weighted by atomic mass is 10.1. The predicted molar refractivity (Wildman–Crippen MR) is 135 cm³/mol. The monoisotopic (exact) mass is 520 g/mol. The van der Waals surface area contributed by atoms with Gasteiger partial charge in [-0.3, -0.25) is 9.59 Å². The van der Waals surface area contributed by atoms with Crippen LogP contribution in [0.5, 0.6) is 0 Å². The molecule has 0 saturated carbocycles. The summed E-state index contributed by atoms with van der Waals surface area (Å²) in [4.78, 5) is 51.7. The summed E-state index contributed by atoms with van der Waals surface area (Å²) in [6, 6.07) is 7.98. The number of esters is 2. The summed E-state index contributed by atoms with van der Waals surface area (Å²) in [6.07, 6.45) is -0.324. The first-order valence-corrected chi connectivity index (χ1v) is 12.5. The van der Waals surface area contributed by atoms with E-state index in [9.17, 15) is 19.2 Å². The minimum atomic E-state index is -1.14. The minimum absolute atomic E-state index is 0.0282. The van der Waals surface area contributed by atoms with Crippen LogP contribution in [-0.2, 0) is 39.9 Å². The number of nitrogens with zero attached hydrogens (tertiary/aromatic N) is 1. The summed E-state index contributed by atoms with van der Waals surface area (Å²) in [7, 11) is 0. The van der Waals surface area contributed by atoms with Crippen molar-refractivity contribution in [2.24, 2.45) is 0 Å². The highest BCUT2D eigenvalue weighted by Crippen LogP contribution is 2.17. The fourth-order valence-corrected chi connectivity index (χ4v) is 3.68. The Morgan fingerprint density at radius 1 is 0.919 bits per heavy atom. The highest BCUT2D eigenvalue weighted by Gasteiger charge is 2.33. The summed E-state index contributed by atoms with van der Waals surface area (Å²) >= 11 is 0. The number of amides is 2. The summed E-state index contributed by atoms with van der Waals surface area (Å²) in [5.41, 5.74) is -0.530. The Bertz CT molecular complexity index is 913. The van der Waals surface area contributed by atoms with Gasteiger partial charge in [-0.1, -0.05) is 30.3 Å². The Hall–Kier alpha value is -3.14. The molecule has 206 valence electrons. The minimum Gasteiger partial charge on any atom is -0.460 e. The van der Waals surface area contributed by atoms with Gasteiger partial charge in [0.2, 0.25) is 5.91 Å². The first-order chi connectivity index (χ1) is 17.2. The van der Waals surface area contributed by atoms with Gasteiger partial charge in [0.05, 0.1) is 12.5 Å². The van der Waals surface area contributed by atoms with Gasteiger partial charge in [0.15, 0.2) is 0 Å². The number of hydrogen-bond acceptors (Lipinski definition) is 8. The van der Waals surface area contributed by atoms with E-state index in [1.807, 2.05) is 30.3 Å². The molecule has 10 heteroatoms. The second-order valence-corrected chi connectivity index (χ2v) is 11.0. The van der Waals surface area contributed by atoms with E-state index in [0.717, 1.165) is 5.56 Å². The topological polar surface area (TPSA) is 120 Å². The molecule has 0 unspecified atom stereocenters. The largest absolute Gasteiger partial charge is 0.460 e. The standard InChI is InChI=1S/C27H40N2O8/c1-26(2,3)36-22(30)16-21(28-25(33)35-17-19-10-8-7-9-11-19)24(32)29-14-12-20(13-15-29)34-18-23(31)37-27(4,5)6/h7-11,20-21H,12-18H2,1-6H3,(H,28,33)/t21-/m0/s1. The molecule has 10 nitrogen and oxygen atoms in total. The zero-order valence-corrected chi connectivity index (χ0v) is 22.7. The molecule has 1 atom stereocenters. The lowest BCUT2D eigenvalue weighted by Crippen LogP contribution is -2.52. The predicted octanol–water partition coefficient (Wildman–Crippen LogP) is 3.36. The molecule has 0 aromatic heterocycles. The van der Waals surface area contributed by atoms with Crippen molar-refractivity contribution in [3.05, 3.63) is 35.9 Å². The van der Waals surface area contributed by atoms with Gasteiger partial charge in [0, 0.05) is 13.1 Å². The number of alkyl carbamates (subject to hydrolysis) is 1. The summed E-state index contributed by atoms with van der Waals surface area (Å²) in [5, 5.41) is 2.53. The number of nitrogens with one attached hydrogen (secondary N) is 1. The highest BCUT2D eigenvalue weighted by atomic mass is 16.6. The van der Waals surface area contributed by atoms with Gasteiger partial charge in [-0.25, -0.2) is 9.59 Å². The van der Waals surface area contributed by atoms with Crippen LogP contribution in [0.15, 0.2) is 30.3 Å². The van der Waals surface area contributed by atoms with Gasteiger partial charge in [-0.15, -0.1) is 0 Å². The molecular formula is C27H40N2O8. The molecule has 0 radical (unpaired) electrons. The van der Waals surface area contributed by atoms with E-state index < -0.39 is 41.2 Å². The molecule has 37 heavy (non-hydrogen) atoms. The Labute approximate surface area is 218 Å². The molecule has 1 fully saturated rings. The lowest BCUT2D eigenvalue weighted by molar-refractivity contribution is -0.163. The summed E-state index contributed by atoms with van der Waals surface area (Å²) in [5.74, 6) is -1.46. The van der Waals surface area contributed by atoms with Gasteiger partial charge in [0.1, 0.15) is 30.5 Å². The maximum absolute atomic E-state index is 13.3. The average molecular weight is 521 g/mol. The molecule has 0 aliphatic carbocycles. The maximum atomic E-state index is 13.3. The van der Waals surface area contributed by atoms with Gasteiger partial charge < -0.3 is 29.2 Å². The molecule has 1 aromatic carbocycles. The Kier molecular flexibility index (Phi) is 10.9. The SMILES string of the molecule is CC(C)(C)OC(=O)COC1CCN(C(=O)[C@H](CC(=O)OC(C)(C)C)NC(=O)OCc2ccccc2)CC1. The summed E-state index contributed by atoms with van der Waals surface area (Å²) < 4.78 is 21.5. The Morgan fingerprint density at radius 2 is 1.49 bits per heavy atom. The van der Waals surface area contributed by atoms with Crippen LogP contribution in [0.3, 0.4) is 0 Å². The fraction of sp³-hybridized carbons (Fsp3) is 0.630. The number of benzene rings is 1. The molecule has 1 N–H and O–H groups in total. The van der Waals surface area contributed by atoms with E-state index in [-0.39, 0.29) is 25.7 Å². The van der Waals surface area contributed by atoms with Crippen molar-refractivity contribution in [1.82, 2.24) is 10.2 Å². The fourth-order valence-electron chi connectivity index (χ4n) is 3.68. The second kappa shape index (κ2) is 13.4. The number of rotatable bonds is 9. The normalized spacial score (nSPS) is 15.5. The van der Waals surface area contributed by atoms with E-state index in [1.54, 1.807) is 46.4 Å². The molecule has 1 heterocycles. The third-order valence-corrected chi connectivity index (χ3v) is 5.20. The van der Waals surface area contributed by atoms with E-state index in [1.165, 1.54) is 0 Å². The molecule has 1 aromatic rings. The van der Waals surface area contributed by atoms with Crippen molar-refractivity contribution in [3.8, 4) is 0 Å². The third-order valence-electron chi connectivity index (χ3n) is 5.20. The van der Waals surface area contributed by atoms with Crippen LogP contribution in [0.1, 0.15) is 66.4 Å². The van der Waals surface area contributed by atoms with Crippen LogP contribution in [0.25, 0.3) is 0 Å². The summed E-state index contributed by atoms with van der Waals surface area (Å²) in [6.45, 7) is 11.1.